The third-order valence-electron chi connectivity index (χ3n) is 2.82. The fourth-order valence-electron chi connectivity index (χ4n) is 1.96. The van der Waals surface area contributed by atoms with E-state index in [-0.39, 0.29) is 0 Å². The summed E-state index contributed by atoms with van der Waals surface area (Å²) >= 11 is 1.96. The van der Waals surface area contributed by atoms with Crippen LogP contribution < -0.4 is 0 Å². The molecule has 0 atom stereocenters. The molecule has 1 aromatic carbocycles. The second-order valence-electron chi connectivity index (χ2n) is 4.29. The highest BCUT2D eigenvalue weighted by Crippen LogP contribution is 2.35. The zero-order chi connectivity index (χ0) is 10.7. The summed E-state index contributed by atoms with van der Waals surface area (Å²) in [5, 5.41) is 0. The van der Waals surface area contributed by atoms with Crippen LogP contribution in [0.5, 0.6) is 0 Å². The summed E-state index contributed by atoms with van der Waals surface area (Å²) in [5.41, 5.74) is 2.76. The van der Waals surface area contributed by atoms with Gasteiger partial charge in [0.2, 0.25) is 0 Å². The van der Waals surface area contributed by atoms with Gasteiger partial charge in [-0.3, -0.25) is 0 Å². The number of thioether (sulfide) groups is 1. The molecule has 0 radical (unpaired) electrons. The van der Waals surface area contributed by atoms with E-state index in [0.717, 1.165) is 0 Å². The van der Waals surface area contributed by atoms with Gasteiger partial charge in [0.1, 0.15) is 0 Å². The van der Waals surface area contributed by atoms with E-state index in [1.165, 1.54) is 41.7 Å². The Hall–Kier alpha value is -0.690. The highest BCUT2D eigenvalue weighted by Gasteiger charge is 2.07. The Morgan fingerprint density at radius 2 is 2.00 bits per heavy atom. The Bertz CT molecular complexity index is 377. The van der Waals surface area contributed by atoms with Crippen LogP contribution in [0.3, 0.4) is 0 Å². The molecule has 0 N–H and O–H groups in total. The van der Waals surface area contributed by atoms with Gasteiger partial charge in [-0.15, -0.1) is 0 Å². The van der Waals surface area contributed by atoms with Crippen molar-refractivity contribution in [2.75, 3.05) is 0 Å². The van der Waals surface area contributed by atoms with Gasteiger partial charge >= 0.3 is 0 Å². The Labute approximate surface area is 96.8 Å². The molecule has 0 fully saturated rings. The molecule has 0 aromatic heterocycles. The molecule has 1 aromatic rings. The first kappa shape index (κ1) is 10.8. The van der Waals surface area contributed by atoms with Crippen LogP contribution in [0.2, 0.25) is 0 Å². The number of benzene rings is 1. The van der Waals surface area contributed by atoms with Crippen LogP contribution in [0.4, 0.5) is 0 Å². The SMILES string of the molecule is Cc1ccc(SC2=CCCCC2)c(C)c1. The Morgan fingerprint density at radius 3 is 2.67 bits per heavy atom. The van der Waals surface area contributed by atoms with Gasteiger partial charge in [0.25, 0.3) is 0 Å². The van der Waals surface area contributed by atoms with Gasteiger partial charge in [-0.2, -0.15) is 0 Å². The van der Waals surface area contributed by atoms with Crippen molar-refractivity contribution in [2.24, 2.45) is 0 Å². The molecule has 80 valence electrons. The van der Waals surface area contributed by atoms with E-state index in [9.17, 15) is 0 Å². The molecule has 0 nitrogen and oxygen atoms in total. The molecule has 1 aliphatic rings. The lowest BCUT2D eigenvalue weighted by Gasteiger charge is -2.13. The molecule has 1 aliphatic carbocycles. The second kappa shape index (κ2) is 4.89. The molecule has 0 saturated carbocycles. The summed E-state index contributed by atoms with van der Waals surface area (Å²) in [5.74, 6) is 0. The van der Waals surface area contributed by atoms with Gasteiger partial charge in [-0.25, -0.2) is 0 Å². The van der Waals surface area contributed by atoms with Crippen molar-refractivity contribution in [3.8, 4) is 0 Å². The maximum Gasteiger partial charge on any atom is 0.0148 e. The third kappa shape index (κ3) is 2.88. The lowest BCUT2D eigenvalue weighted by Crippen LogP contribution is -1.89. The van der Waals surface area contributed by atoms with Gasteiger partial charge in [0.05, 0.1) is 0 Å². The lowest BCUT2D eigenvalue weighted by molar-refractivity contribution is 0.723. The summed E-state index contributed by atoms with van der Waals surface area (Å²) in [4.78, 5) is 2.99. The average molecular weight is 218 g/mol. The molecular formula is C14H18S. The van der Waals surface area contributed by atoms with Gasteiger partial charge in [0.15, 0.2) is 0 Å². The maximum absolute atomic E-state index is 2.41. The minimum Gasteiger partial charge on any atom is -0.0946 e. The van der Waals surface area contributed by atoms with Crippen LogP contribution in [0.1, 0.15) is 36.8 Å². The Morgan fingerprint density at radius 1 is 1.13 bits per heavy atom. The van der Waals surface area contributed by atoms with E-state index in [0.29, 0.717) is 0 Å². The van der Waals surface area contributed by atoms with Crippen molar-refractivity contribution in [1.82, 2.24) is 0 Å². The minimum atomic E-state index is 1.27. The Kier molecular flexibility index (Phi) is 3.53. The summed E-state index contributed by atoms with van der Waals surface area (Å²) in [7, 11) is 0. The normalized spacial score (nSPS) is 16.3. The van der Waals surface area contributed by atoms with Gasteiger partial charge in [0, 0.05) is 4.90 Å². The van der Waals surface area contributed by atoms with Gasteiger partial charge in [-0.05, 0) is 56.1 Å². The first-order valence-corrected chi connectivity index (χ1v) is 6.51. The van der Waals surface area contributed by atoms with E-state index < -0.39 is 0 Å². The van der Waals surface area contributed by atoms with Crippen molar-refractivity contribution in [3.63, 3.8) is 0 Å². The fraction of sp³-hybridized carbons (Fsp3) is 0.429. The predicted molar refractivity (Wildman–Crippen MR) is 68.3 cm³/mol. The molecule has 1 heteroatoms. The maximum atomic E-state index is 2.41. The van der Waals surface area contributed by atoms with Crippen LogP contribution in [0.25, 0.3) is 0 Å². The topological polar surface area (TPSA) is 0 Å². The monoisotopic (exact) mass is 218 g/mol. The van der Waals surface area contributed by atoms with E-state index in [2.05, 4.69) is 38.1 Å². The van der Waals surface area contributed by atoms with Crippen LogP contribution in [0.15, 0.2) is 34.1 Å². The summed E-state index contributed by atoms with van der Waals surface area (Å²) in [6.07, 6.45) is 7.69. The van der Waals surface area contributed by atoms with E-state index in [1.807, 2.05) is 11.8 Å². The first-order chi connectivity index (χ1) is 7.25. The highest BCUT2D eigenvalue weighted by atomic mass is 32.2. The molecule has 15 heavy (non-hydrogen) atoms. The predicted octanol–water partition coefficient (Wildman–Crippen LogP) is 4.85. The largest absolute Gasteiger partial charge is 0.0946 e. The molecule has 0 amide bonds. The van der Waals surface area contributed by atoms with Crippen LogP contribution in [-0.4, -0.2) is 0 Å². The standard InChI is InChI=1S/C14H18S/c1-11-8-9-14(12(2)10-11)15-13-6-4-3-5-7-13/h6,8-10H,3-5,7H2,1-2H3. The van der Waals surface area contributed by atoms with Crippen LogP contribution >= 0.6 is 11.8 Å². The smallest absolute Gasteiger partial charge is 0.0148 e. The average Bonchev–Trinajstić information content (AvgIpc) is 2.24. The van der Waals surface area contributed by atoms with Crippen molar-refractivity contribution in [2.45, 2.75) is 44.4 Å². The zero-order valence-corrected chi connectivity index (χ0v) is 10.4. The van der Waals surface area contributed by atoms with E-state index in [1.54, 1.807) is 4.91 Å². The fourth-order valence-corrected chi connectivity index (χ4v) is 3.04. The van der Waals surface area contributed by atoms with Crippen LogP contribution in [0, 0.1) is 13.8 Å². The molecule has 0 aliphatic heterocycles. The second-order valence-corrected chi connectivity index (χ2v) is 5.46. The molecule has 0 unspecified atom stereocenters. The molecule has 2 rings (SSSR count). The van der Waals surface area contributed by atoms with Crippen molar-refractivity contribution in [3.05, 3.63) is 40.3 Å². The van der Waals surface area contributed by atoms with Gasteiger partial charge in [-0.1, -0.05) is 35.5 Å². The number of aryl methyl sites for hydroxylation is 2. The van der Waals surface area contributed by atoms with E-state index in [4.69, 9.17) is 0 Å². The molecule has 0 spiro atoms. The third-order valence-corrected chi connectivity index (χ3v) is 4.13. The zero-order valence-electron chi connectivity index (χ0n) is 9.55. The number of allylic oxidation sites excluding steroid dienone is 2. The van der Waals surface area contributed by atoms with Crippen molar-refractivity contribution >= 4 is 11.8 Å². The quantitative estimate of drug-likeness (QED) is 0.683. The summed E-state index contributed by atoms with van der Waals surface area (Å²) < 4.78 is 0. The highest BCUT2D eigenvalue weighted by molar-refractivity contribution is 8.03. The van der Waals surface area contributed by atoms with Crippen molar-refractivity contribution in [1.29, 1.82) is 0 Å². The molecule has 0 saturated heterocycles. The molecule has 0 bridgehead atoms. The van der Waals surface area contributed by atoms with Gasteiger partial charge < -0.3 is 0 Å². The number of hydrogen-bond donors (Lipinski definition) is 0. The minimum absolute atomic E-state index is 1.27. The molecule has 0 heterocycles. The summed E-state index contributed by atoms with van der Waals surface area (Å²) in [6.45, 7) is 4.36. The number of rotatable bonds is 2. The van der Waals surface area contributed by atoms with E-state index >= 15 is 0 Å². The molecular weight excluding hydrogens is 200 g/mol. The van der Waals surface area contributed by atoms with Crippen molar-refractivity contribution < 1.29 is 0 Å². The first-order valence-electron chi connectivity index (χ1n) is 5.70. The van der Waals surface area contributed by atoms with Crippen LogP contribution in [-0.2, 0) is 0 Å². The lowest BCUT2D eigenvalue weighted by atomic mass is 10.1. The summed E-state index contributed by atoms with van der Waals surface area (Å²) in [6, 6.07) is 6.73. The Balaban J connectivity index is 2.13. The number of hydrogen-bond acceptors (Lipinski definition) is 1.